The molecule has 44 heavy (non-hydrogen) atoms. The van der Waals surface area contributed by atoms with E-state index in [2.05, 4.69) is 35.9 Å². The summed E-state index contributed by atoms with van der Waals surface area (Å²) in [4.78, 5) is 16.7. The number of aromatic nitrogens is 3. The largest absolute Gasteiger partial charge is 0.462 e. The van der Waals surface area contributed by atoms with Gasteiger partial charge >= 0.3 is 6.01 Å². The van der Waals surface area contributed by atoms with Gasteiger partial charge in [-0.3, -0.25) is 4.90 Å². The Balaban J connectivity index is 1.60. The highest BCUT2D eigenvalue weighted by Crippen LogP contribution is 2.24. The summed E-state index contributed by atoms with van der Waals surface area (Å²) >= 11 is 3.55. The van der Waals surface area contributed by atoms with Crippen LogP contribution in [0.1, 0.15) is 168 Å². The Bertz CT molecular complexity index is 804. The summed E-state index contributed by atoms with van der Waals surface area (Å²) < 4.78 is 6.07. The number of hydrogen-bond donors (Lipinski definition) is 0. The lowest BCUT2D eigenvalue weighted by Gasteiger charge is -2.25. The zero-order chi connectivity index (χ0) is 31.2. The molecule has 2 rings (SSSR count). The van der Waals surface area contributed by atoms with Crippen LogP contribution in [0.25, 0.3) is 0 Å². The standard InChI is InChI=1S/C37H68N4OS2/c1-3-5-7-9-11-12-13-14-15-16-17-18-19-21-23-28-34-44-37-39-35(42-32-31-41-29-25-24-26-30-41)38-36(40-37)43-33-27-22-20-10-8-6-4-2/h14-15H,3-13,16-34H2,1-2H3/b15-14-. The molecule has 0 saturated carbocycles. The van der Waals surface area contributed by atoms with E-state index in [0.29, 0.717) is 12.6 Å². The van der Waals surface area contributed by atoms with Crippen LogP contribution in [-0.2, 0) is 0 Å². The average molecular weight is 649 g/mol. The second-order valence-corrected chi connectivity index (χ2v) is 14.8. The molecule has 1 aliphatic heterocycles. The molecule has 2 heterocycles. The number of unbranched alkanes of at least 4 members (excludes halogenated alkanes) is 18. The molecule has 254 valence electrons. The third kappa shape index (κ3) is 22.7. The minimum absolute atomic E-state index is 0.516. The van der Waals surface area contributed by atoms with Crippen molar-refractivity contribution in [2.75, 3.05) is 37.7 Å². The fraction of sp³-hybridized carbons (Fsp3) is 0.865. The first-order chi connectivity index (χ1) is 21.8. The summed E-state index contributed by atoms with van der Waals surface area (Å²) in [5.74, 6) is 2.14. The summed E-state index contributed by atoms with van der Waals surface area (Å²) in [5, 5.41) is 1.67. The van der Waals surface area contributed by atoms with Crippen LogP contribution in [0, 0.1) is 0 Å². The third-order valence-corrected chi connectivity index (χ3v) is 10.4. The molecule has 1 aliphatic rings. The van der Waals surface area contributed by atoms with Crippen molar-refractivity contribution < 1.29 is 4.74 Å². The van der Waals surface area contributed by atoms with Crippen LogP contribution >= 0.6 is 23.5 Å². The topological polar surface area (TPSA) is 51.1 Å². The number of piperidine rings is 1. The number of allylic oxidation sites excluding steroid dienone is 2. The molecule has 0 amide bonds. The molecular weight excluding hydrogens is 581 g/mol. The van der Waals surface area contributed by atoms with Gasteiger partial charge in [-0.15, -0.1) is 0 Å². The lowest BCUT2D eigenvalue weighted by Crippen LogP contribution is -2.33. The van der Waals surface area contributed by atoms with Gasteiger partial charge in [-0.2, -0.15) is 15.0 Å². The number of likely N-dealkylation sites (tertiary alicyclic amines) is 1. The van der Waals surface area contributed by atoms with E-state index in [4.69, 9.17) is 14.7 Å². The summed E-state index contributed by atoms with van der Waals surface area (Å²) in [6, 6.07) is 0.516. The Kier molecular flexibility index (Phi) is 26.5. The van der Waals surface area contributed by atoms with Crippen LogP contribution in [0.15, 0.2) is 22.5 Å². The third-order valence-electron chi connectivity index (χ3n) is 8.53. The smallest absolute Gasteiger partial charge is 0.321 e. The molecule has 0 aliphatic carbocycles. The Morgan fingerprint density at radius 1 is 0.568 bits per heavy atom. The number of thioether (sulfide) groups is 2. The van der Waals surface area contributed by atoms with Crippen molar-refractivity contribution >= 4 is 23.5 Å². The molecule has 7 heteroatoms. The van der Waals surface area contributed by atoms with E-state index in [0.717, 1.165) is 28.4 Å². The fourth-order valence-corrected chi connectivity index (χ4v) is 7.41. The van der Waals surface area contributed by atoms with Crippen molar-refractivity contribution in [2.24, 2.45) is 0 Å². The molecule has 0 aromatic carbocycles. The average Bonchev–Trinajstić information content (AvgIpc) is 3.04. The van der Waals surface area contributed by atoms with Crippen LogP contribution in [0.4, 0.5) is 0 Å². The SMILES string of the molecule is CCCCCCCC/C=C\CCCCCCCCSc1nc(OCCN2CCCCC2)nc(SCCCCCCCCC)n1. The fourth-order valence-electron chi connectivity index (χ4n) is 5.70. The number of rotatable bonds is 30. The van der Waals surface area contributed by atoms with Gasteiger partial charge in [0.05, 0.1) is 0 Å². The molecule has 0 bridgehead atoms. The van der Waals surface area contributed by atoms with Crippen molar-refractivity contribution in [3.8, 4) is 6.01 Å². The predicted octanol–water partition coefficient (Wildman–Crippen LogP) is 11.7. The highest BCUT2D eigenvalue weighted by Gasteiger charge is 2.12. The number of ether oxygens (including phenoxy) is 1. The molecule has 1 fully saturated rings. The molecule has 1 aromatic heterocycles. The number of nitrogens with zero attached hydrogens (tertiary/aromatic N) is 4. The summed E-state index contributed by atoms with van der Waals surface area (Å²) in [6.45, 7) is 8.57. The van der Waals surface area contributed by atoms with Crippen LogP contribution < -0.4 is 4.74 Å². The minimum Gasteiger partial charge on any atom is -0.462 e. The van der Waals surface area contributed by atoms with Crippen LogP contribution in [-0.4, -0.2) is 57.6 Å². The molecule has 0 spiro atoms. The first kappa shape index (κ1) is 39.4. The first-order valence-electron chi connectivity index (χ1n) is 18.8. The van der Waals surface area contributed by atoms with Gasteiger partial charge in [-0.1, -0.05) is 152 Å². The summed E-state index contributed by atoms with van der Waals surface area (Å²) in [7, 11) is 0. The second-order valence-electron chi connectivity index (χ2n) is 12.7. The van der Waals surface area contributed by atoms with E-state index in [1.54, 1.807) is 23.5 Å². The lowest BCUT2D eigenvalue weighted by molar-refractivity contribution is 0.175. The maximum absolute atomic E-state index is 6.07. The minimum atomic E-state index is 0.516. The summed E-state index contributed by atoms with van der Waals surface area (Å²) in [5.41, 5.74) is 0. The molecule has 1 aromatic rings. The highest BCUT2D eigenvalue weighted by atomic mass is 32.2. The molecule has 0 unspecified atom stereocenters. The maximum atomic E-state index is 6.07. The molecule has 0 atom stereocenters. The molecular formula is C37H68N4OS2. The monoisotopic (exact) mass is 648 g/mol. The van der Waals surface area contributed by atoms with Crippen LogP contribution in [0.2, 0.25) is 0 Å². The van der Waals surface area contributed by atoms with Crippen molar-refractivity contribution in [3.63, 3.8) is 0 Å². The van der Waals surface area contributed by atoms with E-state index in [9.17, 15) is 0 Å². The second kappa shape index (κ2) is 29.6. The molecule has 0 radical (unpaired) electrons. The van der Waals surface area contributed by atoms with Crippen molar-refractivity contribution in [2.45, 2.75) is 178 Å². The lowest BCUT2D eigenvalue weighted by atomic mass is 10.1. The molecule has 0 N–H and O–H groups in total. The van der Waals surface area contributed by atoms with Crippen molar-refractivity contribution in [1.82, 2.24) is 19.9 Å². The first-order valence-corrected chi connectivity index (χ1v) is 20.8. The number of hydrogen-bond acceptors (Lipinski definition) is 7. The van der Waals surface area contributed by atoms with Gasteiger partial charge in [-0.25, -0.2) is 0 Å². The molecule has 5 nitrogen and oxygen atoms in total. The highest BCUT2D eigenvalue weighted by molar-refractivity contribution is 7.99. The van der Waals surface area contributed by atoms with Gasteiger partial charge in [0, 0.05) is 18.1 Å². The Labute approximate surface area is 281 Å². The zero-order valence-corrected chi connectivity index (χ0v) is 30.5. The van der Waals surface area contributed by atoms with E-state index >= 15 is 0 Å². The van der Waals surface area contributed by atoms with E-state index < -0.39 is 0 Å². The van der Waals surface area contributed by atoms with Crippen LogP contribution in [0.3, 0.4) is 0 Å². The summed E-state index contributed by atoms with van der Waals surface area (Å²) in [6.07, 6.45) is 37.0. The van der Waals surface area contributed by atoms with Gasteiger partial charge in [0.25, 0.3) is 0 Å². The van der Waals surface area contributed by atoms with Gasteiger partial charge in [0.2, 0.25) is 0 Å². The predicted molar refractivity (Wildman–Crippen MR) is 195 cm³/mol. The van der Waals surface area contributed by atoms with Gasteiger partial charge < -0.3 is 4.74 Å². The van der Waals surface area contributed by atoms with Gasteiger partial charge in [0.15, 0.2) is 10.3 Å². The quantitative estimate of drug-likeness (QED) is 0.0467. The molecule has 1 saturated heterocycles. The van der Waals surface area contributed by atoms with E-state index in [-0.39, 0.29) is 0 Å². The Hall–Kier alpha value is -0.790. The van der Waals surface area contributed by atoms with Crippen LogP contribution in [0.5, 0.6) is 6.01 Å². The maximum Gasteiger partial charge on any atom is 0.321 e. The normalized spacial score (nSPS) is 14.1. The van der Waals surface area contributed by atoms with E-state index in [1.165, 1.54) is 167 Å². The van der Waals surface area contributed by atoms with Gasteiger partial charge in [-0.05, 0) is 64.5 Å². The van der Waals surface area contributed by atoms with Crippen molar-refractivity contribution in [3.05, 3.63) is 12.2 Å². The van der Waals surface area contributed by atoms with Gasteiger partial charge in [0.1, 0.15) is 6.61 Å². The van der Waals surface area contributed by atoms with Crippen molar-refractivity contribution in [1.29, 1.82) is 0 Å². The Morgan fingerprint density at radius 2 is 1.02 bits per heavy atom. The van der Waals surface area contributed by atoms with E-state index in [1.807, 2.05) is 0 Å². The zero-order valence-electron chi connectivity index (χ0n) is 28.9. The Morgan fingerprint density at radius 3 is 1.52 bits per heavy atom.